The van der Waals surface area contributed by atoms with Crippen LogP contribution in [0.3, 0.4) is 0 Å². The highest BCUT2D eigenvalue weighted by molar-refractivity contribution is 9.10. The van der Waals surface area contributed by atoms with Gasteiger partial charge in [0.1, 0.15) is 6.73 Å². The van der Waals surface area contributed by atoms with E-state index in [1.54, 1.807) is 0 Å². The third kappa shape index (κ3) is 5.02. The molecule has 1 aromatic heterocycles. The Balaban J connectivity index is 2.29. The summed E-state index contributed by atoms with van der Waals surface area (Å²) < 4.78 is 8.61. The molecule has 0 fully saturated rings. The van der Waals surface area contributed by atoms with Gasteiger partial charge < -0.3 is 10.5 Å². The van der Waals surface area contributed by atoms with Crippen molar-refractivity contribution in [2.45, 2.75) is 39.3 Å². The van der Waals surface area contributed by atoms with Crippen LogP contribution >= 0.6 is 15.9 Å². The van der Waals surface area contributed by atoms with E-state index in [0.717, 1.165) is 39.3 Å². The lowest BCUT2D eigenvalue weighted by Crippen LogP contribution is -2.22. The molecule has 130 valence electrons. The number of rotatable bonds is 7. The van der Waals surface area contributed by atoms with Crippen LogP contribution in [0.2, 0.25) is 25.7 Å². The fourth-order valence-electron chi connectivity index (χ4n) is 2.35. The number of halogens is 1. The van der Waals surface area contributed by atoms with Crippen molar-refractivity contribution >= 4 is 46.4 Å². The molecule has 0 spiro atoms. The second-order valence-electron chi connectivity index (χ2n) is 7.09. The smallest absolute Gasteiger partial charge is 0.241 e. The highest BCUT2D eigenvalue weighted by atomic mass is 79.9. The number of allylic oxidation sites excluding steroid dienone is 1. The standard InChI is InChI=1S/C17H24BrN3O2Si/c1-12(9-16(19)22)17-14-10-13(18)5-6-15(14)21(20-17)11-23-7-8-24(2,3)4/h5-6,9-10H,7-8,11H2,1-4H3,(H2,19,22). The number of amides is 1. The summed E-state index contributed by atoms with van der Waals surface area (Å²) in [6.07, 6.45) is 1.40. The average Bonchev–Trinajstić information content (AvgIpc) is 2.80. The molecule has 0 unspecified atom stereocenters. The van der Waals surface area contributed by atoms with E-state index in [1.165, 1.54) is 6.08 Å². The van der Waals surface area contributed by atoms with Gasteiger partial charge in [-0.1, -0.05) is 35.6 Å². The molecule has 2 N–H and O–H groups in total. The number of carbonyl (C=O) groups excluding carboxylic acids is 1. The number of carbonyl (C=O) groups is 1. The highest BCUT2D eigenvalue weighted by Crippen LogP contribution is 2.27. The lowest BCUT2D eigenvalue weighted by molar-refractivity contribution is -0.113. The Kier molecular flexibility index (Phi) is 6.00. The largest absolute Gasteiger partial charge is 0.366 e. The Morgan fingerprint density at radius 2 is 2.12 bits per heavy atom. The van der Waals surface area contributed by atoms with Crippen molar-refractivity contribution in [3.8, 4) is 0 Å². The SMILES string of the molecule is CC(=CC(N)=O)c1nn(COCC[Si](C)(C)C)c2ccc(Br)cc12. The van der Waals surface area contributed by atoms with Gasteiger partial charge in [0.05, 0.1) is 11.2 Å². The zero-order valence-corrected chi connectivity index (χ0v) is 17.2. The number of ether oxygens (including phenoxy) is 1. The van der Waals surface area contributed by atoms with Crippen LogP contribution < -0.4 is 5.73 Å². The molecule has 1 amide bonds. The summed E-state index contributed by atoms with van der Waals surface area (Å²) in [6.45, 7) is 9.95. The molecule has 2 aromatic rings. The van der Waals surface area contributed by atoms with E-state index in [1.807, 2.05) is 29.8 Å². The van der Waals surface area contributed by atoms with Gasteiger partial charge in [0, 0.05) is 30.6 Å². The van der Waals surface area contributed by atoms with Crippen molar-refractivity contribution in [1.82, 2.24) is 9.78 Å². The minimum absolute atomic E-state index is 0.395. The van der Waals surface area contributed by atoms with Crippen LogP contribution in [-0.2, 0) is 16.3 Å². The number of fused-ring (bicyclic) bond motifs is 1. The summed E-state index contributed by atoms with van der Waals surface area (Å²) in [5.41, 5.74) is 7.73. The number of aromatic nitrogens is 2. The molecule has 0 aliphatic heterocycles. The molecule has 0 saturated carbocycles. The molecular formula is C17H24BrN3O2Si. The van der Waals surface area contributed by atoms with E-state index < -0.39 is 14.0 Å². The van der Waals surface area contributed by atoms with Crippen molar-refractivity contribution in [3.63, 3.8) is 0 Å². The predicted octanol–water partition coefficient (Wildman–Crippen LogP) is 4.00. The molecule has 1 heterocycles. The molecule has 7 heteroatoms. The van der Waals surface area contributed by atoms with Gasteiger partial charge in [-0.2, -0.15) is 5.10 Å². The van der Waals surface area contributed by atoms with E-state index >= 15 is 0 Å². The lowest BCUT2D eigenvalue weighted by atomic mass is 10.1. The first kappa shape index (κ1) is 18.9. The number of primary amides is 1. The van der Waals surface area contributed by atoms with Gasteiger partial charge in [-0.15, -0.1) is 0 Å². The molecule has 0 radical (unpaired) electrons. The highest BCUT2D eigenvalue weighted by Gasteiger charge is 2.15. The van der Waals surface area contributed by atoms with Gasteiger partial charge in [-0.05, 0) is 36.7 Å². The molecule has 0 saturated heterocycles. The monoisotopic (exact) mass is 409 g/mol. The van der Waals surface area contributed by atoms with E-state index in [-0.39, 0.29) is 0 Å². The first-order valence-corrected chi connectivity index (χ1v) is 12.4. The topological polar surface area (TPSA) is 70.1 Å². The van der Waals surface area contributed by atoms with Crippen LogP contribution in [-0.4, -0.2) is 30.4 Å². The van der Waals surface area contributed by atoms with Crippen molar-refractivity contribution in [1.29, 1.82) is 0 Å². The van der Waals surface area contributed by atoms with E-state index in [4.69, 9.17) is 10.5 Å². The normalized spacial score (nSPS) is 12.8. The third-order valence-corrected chi connectivity index (χ3v) is 5.85. The lowest BCUT2D eigenvalue weighted by Gasteiger charge is -2.15. The second kappa shape index (κ2) is 7.63. The first-order chi connectivity index (χ1) is 11.2. The molecule has 0 aliphatic carbocycles. The van der Waals surface area contributed by atoms with Gasteiger partial charge in [-0.3, -0.25) is 4.79 Å². The Hall–Kier alpha value is -1.44. The zero-order chi connectivity index (χ0) is 17.9. The molecule has 0 atom stereocenters. The van der Waals surface area contributed by atoms with E-state index in [2.05, 4.69) is 40.7 Å². The van der Waals surface area contributed by atoms with Crippen molar-refractivity contribution < 1.29 is 9.53 Å². The van der Waals surface area contributed by atoms with Gasteiger partial charge in [0.25, 0.3) is 0 Å². The average molecular weight is 410 g/mol. The number of hydrogen-bond donors (Lipinski definition) is 1. The summed E-state index contributed by atoms with van der Waals surface area (Å²) >= 11 is 3.49. The van der Waals surface area contributed by atoms with Gasteiger partial charge >= 0.3 is 0 Å². The molecule has 0 bridgehead atoms. The summed E-state index contributed by atoms with van der Waals surface area (Å²) in [4.78, 5) is 11.2. The summed E-state index contributed by atoms with van der Waals surface area (Å²) in [5.74, 6) is -0.475. The third-order valence-electron chi connectivity index (χ3n) is 3.65. The van der Waals surface area contributed by atoms with Crippen LogP contribution in [0.5, 0.6) is 0 Å². The first-order valence-electron chi connectivity index (χ1n) is 7.89. The van der Waals surface area contributed by atoms with Crippen molar-refractivity contribution in [2.24, 2.45) is 5.73 Å². The van der Waals surface area contributed by atoms with Crippen LogP contribution in [0.1, 0.15) is 12.6 Å². The fourth-order valence-corrected chi connectivity index (χ4v) is 3.47. The van der Waals surface area contributed by atoms with Gasteiger partial charge in [-0.25, -0.2) is 4.68 Å². The number of benzene rings is 1. The molecule has 5 nitrogen and oxygen atoms in total. The summed E-state index contributed by atoms with van der Waals surface area (Å²) in [6, 6.07) is 7.08. The Morgan fingerprint density at radius 3 is 2.75 bits per heavy atom. The van der Waals surface area contributed by atoms with Gasteiger partial charge in [0.15, 0.2) is 0 Å². The van der Waals surface area contributed by atoms with Crippen LogP contribution in [0, 0.1) is 0 Å². The summed E-state index contributed by atoms with van der Waals surface area (Å²) in [5, 5.41) is 5.59. The van der Waals surface area contributed by atoms with Crippen LogP contribution in [0.15, 0.2) is 28.7 Å². The molecule has 24 heavy (non-hydrogen) atoms. The van der Waals surface area contributed by atoms with E-state index in [0.29, 0.717) is 6.73 Å². The minimum Gasteiger partial charge on any atom is -0.366 e. The van der Waals surface area contributed by atoms with Crippen molar-refractivity contribution in [3.05, 3.63) is 34.4 Å². The van der Waals surface area contributed by atoms with E-state index in [9.17, 15) is 4.79 Å². The molecular weight excluding hydrogens is 386 g/mol. The van der Waals surface area contributed by atoms with Crippen LogP contribution in [0.4, 0.5) is 0 Å². The van der Waals surface area contributed by atoms with Crippen LogP contribution in [0.25, 0.3) is 16.5 Å². The second-order valence-corrected chi connectivity index (χ2v) is 13.6. The minimum atomic E-state index is -1.11. The number of nitrogens with two attached hydrogens (primary N) is 1. The zero-order valence-electron chi connectivity index (χ0n) is 14.6. The van der Waals surface area contributed by atoms with Gasteiger partial charge in [0.2, 0.25) is 5.91 Å². The number of nitrogens with zero attached hydrogens (tertiary/aromatic N) is 2. The predicted molar refractivity (Wildman–Crippen MR) is 104 cm³/mol. The maximum Gasteiger partial charge on any atom is 0.241 e. The molecule has 2 rings (SSSR count). The fraction of sp³-hybridized carbons (Fsp3) is 0.412. The van der Waals surface area contributed by atoms with Crippen molar-refractivity contribution in [2.75, 3.05) is 6.61 Å². The summed E-state index contributed by atoms with van der Waals surface area (Å²) in [7, 11) is -1.11. The molecule has 1 aromatic carbocycles. The Bertz CT molecular complexity index is 778. The maximum absolute atomic E-state index is 11.2. The molecule has 0 aliphatic rings. The Labute approximate surface area is 152 Å². The quantitative estimate of drug-likeness (QED) is 0.426. The number of hydrogen-bond acceptors (Lipinski definition) is 3. The Morgan fingerprint density at radius 1 is 1.42 bits per heavy atom. The maximum atomic E-state index is 11.2.